The number of aryl methyl sites for hydroxylation is 1. The summed E-state index contributed by atoms with van der Waals surface area (Å²) in [6, 6.07) is 18.8. The fourth-order valence-electron chi connectivity index (χ4n) is 4.15. The number of ether oxygens (including phenoxy) is 2. The van der Waals surface area contributed by atoms with Crippen molar-refractivity contribution in [2.75, 3.05) is 19.1 Å². The number of thiazole rings is 1. The maximum atomic E-state index is 13.4. The molecular weight excluding hydrogens is 464 g/mol. The molecule has 4 aromatic rings. The van der Waals surface area contributed by atoms with E-state index in [4.69, 9.17) is 9.47 Å². The number of methoxy groups -OCH3 is 2. The van der Waals surface area contributed by atoms with Gasteiger partial charge in [0.15, 0.2) is 5.13 Å². The lowest BCUT2D eigenvalue weighted by Crippen LogP contribution is -2.29. The van der Waals surface area contributed by atoms with E-state index < -0.39 is 17.7 Å². The Balaban J connectivity index is 1.72. The van der Waals surface area contributed by atoms with E-state index in [1.807, 2.05) is 25.1 Å². The Morgan fingerprint density at radius 1 is 0.971 bits per heavy atom. The van der Waals surface area contributed by atoms with E-state index in [0.717, 1.165) is 10.3 Å². The molecule has 176 valence electrons. The molecule has 1 amide bonds. The minimum Gasteiger partial charge on any atom is -0.507 e. The number of rotatable bonds is 5. The first kappa shape index (κ1) is 22.6. The van der Waals surface area contributed by atoms with Gasteiger partial charge in [0.2, 0.25) is 0 Å². The van der Waals surface area contributed by atoms with Gasteiger partial charge in [-0.15, -0.1) is 0 Å². The number of aliphatic hydroxyl groups excluding tert-OH is 1. The number of fused-ring (bicyclic) bond motifs is 1. The molecule has 0 aliphatic carbocycles. The van der Waals surface area contributed by atoms with E-state index >= 15 is 0 Å². The number of hydrogen-bond donors (Lipinski definition) is 1. The summed E-state index contributed by atoms with van der Waals surface area (Å²) in [5.41, 5.74) is 2.76. The van der Waals surface area contributed by atoms with Gasteiger partial charge in [-0.3, -0.25) is 14.5 Å². The zero-order valence-electron chi connectivity index (χ0n) is 19.3. The number of hydrogen-bond acceptors (Lipinski definition) is 7. The van der Waals surface area contributed by atoms with Crippen LogP contribution in [0.4, 0.5) is 5.13 Å². The molecule has 1 saturated heterocycles. The predicted octanol–water partition coefficient (Wildman–Crippen LogP) is 5.25. The molecule has 1 aliphatic heterocycles. The number of benzene rings is 3. The number of aliphatic hydroxyl groups is 1. The number of carbonyl (C=O) groups excluding carboxylic acids is 2. The maximum Gasteiger partial charge on any atom is 0.301 e. The third-order valence-electron chi connectivity index (χ3n) is 5.97. The van der Waals surface area contributed by atoms with Gasteiger partial charge in [0.25, 0.3) is 5.78 Å². The first-order valence-electron chi connectivity index (χ1n) is 10.9. The maximum absolute atomic E-state index is 13.4. The fraction of sp³-hybridized carbons (Fsp3) is 0.148. The van der Waals surface area contributed by atoms with Crippen LogP contribution in [0.25, 0.3) is 16.0 Å². The molecule has 7 nitrogen and oxygen atoms in total. The largest absolute Gasteiger partial charge is 0.507 e. The average molecular weight is 487 g/mol. The standard InChI is InChI=1S/C27H22N2O5S/c1-15-7-9-16(10-8-15)24(30)22-23(17-5-4-6-18(13-17)33-2)29(26(32)25(22)31)27-28-20-12-11-19(34-3)14-21(20)35-27/h4-14,23,30H,1-3H3/b24-22+/t23-/m0/s1. The van der Waals surface area contributed by atoms with E-state index in [9.17, 15) is 14.7 Å². The lowest BCUT2D eigenvalue weighted by Gasteiger charge is -2.23. The normalized spacial score (nSPS) is 17.2. The number of anilines is 1. The van der Waals surface area contributed by atoms with Gasteiger partial charge in [-0.1, -0.05) is 53.3 Å². The van der Waals surface area contributed by atoms with Crippen molar-refractivity contribution in [1.29, 1.82) is 0 Å². The van der Waals surface area contributed by atoms with E-state index in [1.165, 1.54) is 16.2 Å². The molecular formula is C27H22N2O5S. The van der Waals surface area contributed by atoms with Crippen molar-refractivity contribution in [3.8, 4) is 11.5 Å². The van der Waals surface area contributed by atoms with E-state index in [-0.39, 0.29) is 11.3 Å². The van der Waals surface area contributed by atoms with Crippen LogP contribution in [0.5, 0.6) is 11.5 Å². The van der Waals surface area contributed by atoms with E-state index in [2.05, 4.69) is 4.98 Å². The van der Waals surface area contributed by atoms with Gasteiger partial charge < -0.3 is 14.6 Å². The van der Waals surface area contributed by atoms with Crippen LogP contribution < -0.4 is 14.4 Å². The summed E-state index contributed by atoms with van der Waals surface area (Å²) in [6.45, 7) is 1.93. The Morgan fingerprint density at radius 3 is 2.40 bits per heavy atom. The van der Waals surface area contributed by atoms with Gasteiger partial charge in [-0.25, -0.2) is 4.98 Å². The minimum atomic E-state index is -0.881. The number of ketones is 1. The Labute approximate surface area is 205 Å². The van der Waals surface area contributed by atoms with Crippen LogP contribution in [0.2, 0.25) is 0 Å². The zero-order valence-corrected chi connectivity index (χ0v) is 20.1. The van der Waals surface area contributed by atoms with Crippen molar-refractivity contribution in [2.45, 2.75) is 13.0 Å². The number of aromatic nitrogens is 1. The van der Waals surface area contributed by atoms with Gasteiger partial charge in [0.05, 0.1) is 36.1 Å². The molecule has 8 heteroatoms. The summed E-state index contributed by atoms with van der Waals surface area (Å²) in [5, 5.41) is 11.6. The Morgan fingerprint density at radius 2 is 1.69 bits per heavy atom. The third-order valence-corrected chi connectivity index (χ3v) is 6.99. The number of carbonyl (C=O) groups is 2. The second-order valence-electron chi connectivity index (χ2n) is 8.14. The van der Waals surface area contributed by atoms with Gasteiger partial charge in [0.1, 0.15) is 17.3 Å². The quantitative estimate of drug-likeness (QED) is 0.236. The van der Waals surface area contributed by atoms with Crippen LogP contribution in [0.1, 0.15) is 22.7 Å². The molecule has 0 spiro atoms. The molecule has 0 unspecified atom stereocenters. The first-order chi connectivity index (χ1) is 16.9. The molecule has 2 heterocycles. The summed E-state index contributed by atoms with van der Waals surface area (Å²) < 4.78 is 11.5. The molecule has 1 atom stereocenters. The van der Waals surface area contributed by atoms with Crippen molar-refractivity contribution in [3.05, 3.63) is 89.0 Å². The van der Waals surface area contributed by atoms with E-state index in [1.54, 1.807) is 62.8 Å². The first-order valence-corrected chi connectivity index (χ1v) is 11.7. The lowest BCUT2D eigenvalue weighted by atomic mass is 9.95. The number of Topliss-reactive ketones (excluding diaryl/α,β-unsaturated/α-hetero) is 1. The number of amides is 1. The average Bonchev–Trinajstić information content (AvgIpc) is 3.41. The summed E-state index contributed by atoms with van der Waals surface area (Å²) in [5.74, 6) is -0.525. The second-order valence-corrected chi connectivity index (χ2v) is 9.15. The highest BCUT2D eigenvalue weighted by Crippen LogP contribution is 2.45. The van der Waals surface area contributed by atoms with Crippen molar-refractivity contribution in [2.24, 2.45) is 0 Å². The third kappa shape index (κ3) is 3.91. The van der Waals surface area contributed by atoms with Crippen LogP contribution in [0.15, 0.2) is 72.3 Å². The van der Waals surface area contributed by atoms with Crippen LogP contribution in [0, 0.1) is 6.92 Å². The monoisotopic (exact) mass is 486 g/mol. The van der Waals surface area contributed by atoms with Crippen LogP contribution in [-0.2, 0) is 9.59 Å². The molecule has 0 radical (unpaired) electrons. The van der Waals surface area contributed by atoms with Crippen LogP contribution in [0.3, 0.4) is 0 Å². The van der Waals surface area contributed by atoms with Crippen molar-refractivity contribution in [1.82, 2.24) is 4.98 Å². The molecule has 3 aromatic carbocycles. The van der Waals surface area contributed by atoms with Crippen LogP contribution in [-0.4, -0.2) is 36.0 Å². The van der Waals surface area contributed by atoms with Gasteiger partial charge >= 0.3 is 5.91 Å². The lowest BCUT2D eigenvalue weighted by molar-refractivity contribution is -0.132. The number of nitrogens with zero attached hydrogens (tertiary/aromatic N) is 2. The van der Waals surface area contributed by atoms with Crippen molar-refractivity contribution >= 4 is 44.1 Å². The molecule has 0 bridgehead atoms. The highest BCUT2D eigenvalue weighted by molar-refractivity contribution is 7.22. The summed E-state index contributed by atoms with van der Waals surface area (Å²) in [4.78, 5) is 32.7. The van der Waals surface area contributed by atoms with Gasteiger partial charge in [-0.05, 0) is 42.8 Å². The van der Waals surface area contributed by atoms with Crippen molar-refractivity contribution < 1.29 is 24.2 Å². The highest BCUT2D eigenvalue weighted by atomic mass is 32.1. The molecule has 0 saturated carbocycles. The molecule has 35 heavy (non-hydrogen) atoms. The summed E-state index contributed by atoms with van der Waals surface area (Å²) in [6.07, 6.45) is 0. The molecule has 1 aromatic heterocycles. The molecule has 1 fully saturated rings. The predicted molar refractivity (Wildman–Crippen MR) is 135 cm³/mol. The Bertz CT molecular complexity index is 1490. The van der Waals surface area contributed by atoms with E-state index in [0.29, 0.717) is 33.3 Å². The minimum absolute atomic E-state index is 0.00365. The van der Waals surface area contributed by atoms with Gasteiger partial charge in [0, 0.05) is 5.56 Å². The summed E-state index contributed by atoms with van der Waals surface area (Å²) in [7, 11) is 3.12. The SMILES string of the molecule is COc1cccc([C@H]2/C(=C(\O)c3ccc(C)cc3)C(=O)C(=O)N2c2nc3ccc(OC)cc3s2)c1. The summed E-state index contributed by atoms with van der Waals surface area (Å²) >= 11 is 1.28. The fourth-order valence-corrected chi connectivity index (χ4v) is 5.17. The highest BCUT2D eigenvalue weighted by Gasteiger charge is 2.48. The molecule has 1 aliphatic rings. The second kappa shape index (κ2) is 8.88. The smallest absolute Gasteiger partial charge is 0.301 e. The Hall–Kier alpha value is -4.17. The van der Waals surface area contributed by atoms with Gasteiger partial charge in [-0.2, -0.15) is 0 Å². The van der Waals surface area contributed by atoms with Crippen molar-refractivity contribution in [3.63, 3.8) is 0 Å². The molecule has 1 N–H and O–H groups in total. The zero-order chi connectivity index (χ0) is 24.7. The Kier molecular flexibility index (Phi) is 5.74. The topological polar surface area (TPSA) is 89.0 Å². The van der Waals surface area contributed by atoms with Crippen LogP contribution >= 0.6 is 11.3 Å². The molecule has 5 rings (SSSR count).